The lowest BCUT2D eigenvalue weighted by molar-refractivity contribution is -0.149. The third-order valence-corrected chi connectivity index (χ3v) is 6.02. The molecule has 6 N–H and O–H groups in total. The summed E-state index contributed by atoms with van der Waals surface area (Å²) in [4.78, 5) is 81.8. The molecule has 1 heterocycles. The summed E-state index contributed by atoms with van der Waals surface area (Å²) in [5, 5.41) is 16.8. The van der Waals surface area contributed by atoms with Crippen LogP contribution in [0.4, 0.5) is 14.4 Å². The van der Waals surface area contributed by atoms with Crippen molar-refractivity contribution in [2.75, 3.05) is 25.8 Å². The summed E-state index contributed by atoms with van der Waals surface area (Å²) in [6, 6.07) is 6.09. The zero-order valence-electron chi connectivity index (χ0n) is 22.7. The van der Waals surface area contributed by atoms with Crippen LogP contribution in [0.3, 0.4) is 0 Å². The van der Waals surface area contributed by atoms with Gasteiger partial charge in [-0.3, -0.25) is 19.6 Å². The third-order valence-electron chi connectivity index (χ3n) is 5.20. The van der Waals surface area contributed by atoms with Crippen molar-refractivity contribution >= 4 is 37.7 Å². The molecule has 1 aliphatic rings. The Labute approximate surface area is 235 Å². The number of carboxylic acid groups (broad SMARTS) is 1. The highest BCUT2D eigenvalue weighted by Crippen LogP contribution is 2.36. The first kappa shape index (κ1) is 33.1. The van der Waals surface area contributed by atoms with Crippen LogP contribution in [0.1, 0.15) is 26.3 Å². The summed E-state index contributed by atoms with van der Waals surface area (Å²) in [5.74, 6) is -2.68. The van der Waals surface area contributed by atoms with E-state index in [1.165, 1.54) is 12.3 Å². The lowest BCUT2D eigenvalue weighted by Gasteiger charge is -2.32. The van der Waals surface area contributed by atoms with Crippen LogP contribution < -0.4 is 16.0 Å². The van der Waals surface area contributed by atoms with Gasteiger partial charge in [-0.05, 0) is 32.4 Å². The van der Waals surface area contributed by atoms with E-state index in [1.807, 2.05) is 6.07 Å². The maximum Gasteiger partial charge on any atom is 0.409 e. The molecule has 2 unspecified atom stereocenters. The van der Waals surface area contributed by atoms with E-state index in [9.17, 15) is 43.4 Å². The quantitative estimate of drug-likeness (QED) is 0.184. The van der Waals surface area contributed by atoms with E-state index < -0.39 is 74.7 Å². The molecule has 1 aromatic rings. The van der Waals surface area contributed by atoms with Crippen molar-refractivity contribution in [3.63, 3.8) is 0 Å². The molecule has 0 saturated heterocycles. The number of ether oxygens (including phenoxy) is 2. The molecule has 2 atom stereocenters. The van der Waals surface area contributed by atoms with Crippen LogP contribution in [0.5, 0.6) is 0 Å². The van der Waals surface area contributed by atoms with Gasteiger partial charge in [0.25, 0.3) is 0 Å². The van der Waals surface area contributed by atoms with Gasteiger partial charge < -0.3 is 39.9 Å². The van der Waals surface area contributed by atoms with Gasteiger partial charge in [-0.2, -0.15) is 0 Å². The maximum atomic E-state index is 13.1. The van der Waals surface area contributed by atoms with Crippen LogP contribution >= 0.6 is 7.60 Å². The van der Waals surface area contributed by atoms with E-state index in [4.69, 9.17) is 9.47 Å². The van der Waals surface area contributed by atoms with Crippen molar-refractivity contribution in [2.45, 2.75) is 45.2 Å². The minimum Gasteiger partial charge on any atom is -0.480 e. The smallest absolute Gasteiger partial charge is 0.409 e. The Bertz CT molecular complexity index is 1180. The molecule has 1 aliphatic heterocycles. The normalized spacial score (nSPS) is 15.8. The fourth-order valence-electron chi connectivity index (χ4n) is 3.44. The number of hydrogen-bond acceptors (Lipinski definition) is 8. The molecule has 0 spiro atoms. The number of carboxylic acids is 1. The van der Waals surface area contributed by atoms with Gasteiger partial charge in [0.1, 0.15) is 31.0 Å². The second-order valence-corrected chi connectivity index (χ2v) is 11.5. The van der Waals surface area contributed by atoms with Crippen molar-refractivity contribution in [1.29, 1.82) is 0 Å². The number of nitrogens with zero attached hydrogens (tertiary/aromatic N) is 2. The number of rotatable bonds is 12. The third kappa shape index (κ3) is 12.3. The Kier molecular flexibility index (Phi) is 11.7. The SMILES string of the molecule is CC(C)(C)OC(=O)NCCN(C(=O)CN1C=CC(NC(=O)OCc2ccccc2)NC1=O)C(CP(=O)(O)O)C(=O)O. The van der Waals surface area contributed by atoms with E-state index in [1.54, 1.807) is 45.0 Å². The average molecular weight is 600 g/mol. The Morgan fingerprint density at radius 2 is 1.80 bits per heavy atom. The van der Waals surface area contributed by atoms with Gasteiger partial charge in [-0.15, -0.1) is 0 Å². The number of alkyl carbamates (subject to hydrolysis) is 2. The van der Waals surface area contributed by atoms with Crippen LogP contribution in [0.25, 0.3) is 0 Å². The van der Waals surface area contributed by atoms with E-state index in [2.05, 4.69) is 16.0 Å². The molecule has 17 heteroatoms. The molecule has 1 aromatic carbocycles. The second kappa shape index (κ2) is 14.5. The minimum absolute atomic E-state index is 0.00431. The van der Waals surface area contributed by atoms with Crippen molar-refractivity contribution < 1.29 is 52.9 Å². The van der Waals surface area contributed by atoms with E-state index in [0.717, 1.165) is 10.5 Å². The van der Waals surface area contributed by atoms with Crippen LogP contribution in [0, 0.1) is 0 Å². The van der Waals surface area contributed by atoms with Crippen molar-refractivity contribution in [2.24, 2.45) is 0 Å². The minimum atomic E-state index is -4.90. The standard InChI is InChI=1S/C24H34N5O11P/c1-24(2,3)40-22(34)25-10-12-29(17(20(31)32)15-41(36,37)38)19(30)13-28-11-9-18(26-21(28)33)27-23(35)39-14-16-7-5-4-6-8-16/h4-9,11,17-18H,10,12-15H2,1-3H3,(H,25,34)(H,26,33)(H,27,35)(H,31,32)(H2,36,37,38). The Balaban J connectivity index is 2.04. The summed E-state index contributed by atoms with van der Waals surface area (Å²) in [6.45, 7) is 3.35. The number of hydrogen-bond donors (Lipinski definition) is 6. The Morgan fingerprint density at radius 1 is 1.15 bits per heavy atom. The monoisotopic (exact) mass is 599 g/mol. The molecule has 0 saturated carbocycles. The van der Waals surface area contributed by atoms with Crippen molar-refractivity contribution in [3.05, 3.63) is 48.2 Å². The number of urea groups is 1. The topological polar surface area (TPSA) is 224 Å². The number of amides is 5. The second-order valence-electron chi connectivity index (χ2n) is 9.82. The molecule has 0 fully saturated rings. The largest absolute Gasteiger partial charge is 0.480 e. The number of benzene rings is 1. The fraction of sp³-hybridized carbons (Fsp3) is 0.458. The maximum absolute atomic E-state index is 13.1. The van der Waals surface area contributed by atoms with Crippen LogP contribution in [0.15, 0.2) is 42.6 Å². The first-order valence-corrected chi connectivity index (χ1v) is 14.1. The highest BCUT2D eigenvalue weighted by atomic mass is 31.2. The molecule has 0 bridgehead atoms. The first-order chi connectivity index (χ1) is 19.0. The highest BCUT2D eigenvalue weighted by Gasteiger charge is 2.36. The van der Waals surface area contributed by atoms with Crippen LogP contribution in [-0.2, 0) is 30.2 Å². The molecule has 0 radical (unpaired) electrons. The van der Waals surface area contributed by atoms with Gasteiger partial charge in [0.2, 0.25) is 5.91 Å². The summed E-state index contributed by atoms with van der Waals surface area (Å²) in [6.07, 6.45) is -1.34. The Morgan fingerprint density at radius 3 is 2.37 bits per heavy atom. The predicted octanol–water partition coefficient (Wildman–Crippen LogP) is 0.762. The van der Waals surface area contributed by atoms with Gasteiger partial charge in [0.15, 0.2) is 0 Å². The fourth-order valence-corrected chi connectivity index (χ4v) is 4.24. The van der Waals surface area contributed by atoms with Gasteiger partial charge in [0.05, 0.1) is 6.16 Å². The van der Waals surface area contributed by atoms with E-state index >= 15 is 0 Å². The van der Waals surface area contributed by atoms with E-state index in [0.29, 0.717) is 4.90 Å². The van der Waals surface area contributed by atoms with Crippen LogP contribution in [-0.4, -0.2) is 98.4 Å². The molecular weight excluding hydrogens is 565 g/mol. The molecule has 226 valence electrons. The molecule has 5 amide bonds. The summed E-state index contributed by atoms with van der Waals surface area (Å²) in [7, 11) is -4.90. The molecule has 0 aliphatic carbocycles. The predicted molar refractivity (Wildman–Crippen MR) is 142 cm³/mol. The lowest BCUT2D eigenvalue weighted by Crippen LogP contribution is -2.57. The molecule has 0 aromatic heterocycles. The number of carbonyl (C=O) groups is 5. The summed E-state index contributed by atoms with van der Waals surface area (Å²) < 4.78 is 21.7. The highest BCUT2D eigenvalue weighted by molar-refractivity contribution is 7.51. The molecule has 41 heavy (non-hydrogen) atoms. The number of carbonyl (C=O) groups excluding carboxylic acids is 4. The van der Waals surface area contributed by atoms with Gasteiger partial charge >= 0.3 is 31.8 Å². The van der Waals surface area contributed by atoms with Crippen molar-refractivity contribution in [1.82, 2.24) is 25.8 Å². The number of nitrogens with one attached hydrogen (secondary N) is 3. The summed E-state index contributed by atoms with van der Waals surface area (Å²) in [5.41, 5.74) is -0.0806. The van der Waals surface area contributed by atoms with Crippen molar-refractivity contribution in [3.8, 4) is 0 Å². The van der Waals surface area contributed by atoms with Crippen LogP contribution in [0.2, 0.25) is 0 Å². The van der Waals surface area contributed by atoms with Gasteiger partial charge in [-0.1, -0.05) is 30.3 Å². The van der Waals surface area contributed by atoms with Gasteiger partial charge in [-0.25, -0.2) is 19.2 Å². The average Bonchev–Trinajstić information content (AvgIpc) is 2.84. The number of aliphatic carboxylic acids is 1. The molecule has 2 rings (SSSR count). The van der Waals surface area contributed by atoms with E-state index in [-0.39, 0.29) is 13.2 Å². The van der Waals surface area contributed by atoms with Gasteiger partial charge in [0, 0.05) is 19.3 Å². The zero-order chi connectivity index (χ0) is 30.8. The Hall–Kier alpha value is -4.14. The summed E-state index contributed by atoms with van der Waals surface area (Å²) >= 11 is 0. The molecule has 16 nitrogen and oxygen atoms in total. The first-order valence-electron chi connectivity index (χ1n) is 12.3. The molecular formula is C24H34N5O11P. The lowest BCUT2D eigenvalue weighted by atomic mass is 10.2. The zero-order valence-corrected chi connectivity index (χ0v) is 23.6.